The first-order valence-electron chi connectivity index (χ1n) is 11.1. The van der Waals surface area contributed by atoms with Crippen molar-refractivity contribution in [2.75, 3.05) is 25.1 Å². The number of methoxy groups -OCH3 is 1. The van der Waals surface area contributed by atoms with Gasteiger partial charge in [-0.25, -0.2) is 4.79 Å². The summed E-state index contributed by atoms with van der Waals surface area (Å²) in [7, 11) is 1.26. The van der Waals surface area contributed by atoms with Crippen LogP contribution in [0.1, 0.15) is 26.3 Å². The standard InChI is InChI=1S/C26H19ClF3N3O4/c1-37-25(36)15-7-5-14(6-8-15)23-18-10-9-16(32-12-17(34)13-32)11-21(18)33(31-23)24(35)22-19(26(28,29)30)3-2-4-20(22)27/h2-11,17,34H,12-13H2,1H3. The highest BCUT2D eigenvalue weighted by Gasteiger charge is 2.37. The van der Waals surface area contributed by atoms with Gasteiger partial charge in [-0.05, 0) is 42.5 Å². The average molecular weight is 530 g/mol. The summed E-state index contributed by atoms with van der Waals surface area (Å²) in [6, 6.07) is 14.6. The van der Waals surface area contributed by atoms with E-state index in [1.54, 1.807) is 30.3 Å². The van der Waals surface area contributed by atoms with Crippen LogP contribution in [0.25, 0.3) is 22.2 Å². The van der Waals surface area contributed by atoms with Crippen LogP contribution in [0.3, 0.4) is 0 Å². The molecule has 1 fully saturated rings. The molecule has 0 unspecified atom stereocenters. The molecule has 7 nitrogen and oxygen atoms in total. The van der Waals surface area contributed by atoms with E-state index in [-0.39, 0.29) is 10.5 Å². The third kappa shape index (κ3) is 4.42. The van der Waals surface area contributed by atoms with Crippen molar-refractivity contribution in [1.29, 1.82) is 0 Å². The Hall–Kier alpha value is -3.89. The highest BCUT2D eigenvalue weighted by atomic mass is 35.5. The summed E-state index contributed by atoms with van der Waals surface area (Å²) in [5.41, 5.74) is 0.231. The number of aliphatic hydroxyl groups is 1. The summed E-state index contributed by atoms with van der Waals surface area (Å²) in [6.45, 7) is 0.774. The van der Waals surface area contributed by atoms with Gasteiger partial charge in [-0.15, -0.1) is 0 Å². The number of carbonyl (C=O) groups is 2. The van der Waals surface area contributed by atoms with Gasteiger partial charge in [0.1, 0.15) is 5.69 Å². The van der Waals surface area contributed by atoms with Gasteiger partial charge in [-0.3, -0.25) is 4.79 Å². The number of rotatable bonds is 4. The lowest BCUT2D eigenvalue weighted by Crippen LogP contribution is -2.50. The van der Waals surface area contributed by atoms with Crippen molar-refractivity contribution < 1.29 is 32.6 Å². The molecule has 0 saturated carbocycles. The topological polar surface area (TPSA) is 84.7 Å². The SMILES string of the molecule is COC(=O)c1ccc(-c2nn(C(=O)c3c(Cl)cccc3C(F)(F)F)c3cc(N4CC(O)C4)ccc23)cc1. The molecule has 0 bridgehead atoms. The molecule has 2 heterocycles. The number of aliphatic hydroxyl groups excluding tert-OH is 1. The van der Waals surface area contributed by atoms with Crippen LogP contribution >= 0.6 is 11.6 Å². The summed E-state index contributed by atoms with van der Waals surface area (Å²) < 4.78 is 46.9. The predicted octanol–water partition coefficient (Wildman–Crippen LogP) is 5.03. The van der Waals surface area contributed by atoms with E-state index in [1.165, 1.54) is 25.3 Å². The van der Waals surface area contributed by atoms with Crippen molar-refractivity contribution >= 4 is 40.1 Å². The maximum atomic E-state index is 13.8. The lowest BCUT2D eigenvalue weighted by atomic mass is 10.0. The number of β-amino-alcohol motifs (C(OH)–C–C–N with tert-alkyl or cyclic N) is 1. The smallest absolute Gasteiger partial charge is 0.417 e. The Morgan fingerprint density at radius 1 is 1.08 bits per heavy atom. The first-order chi connectivity index (χ1) is 17.6. The minimum atomic E-state index is -4.82. The van der Waals surface area contributed by atoms with Crippen molar-refractivity contribution in [2.24, 2.45) is 0 Å². The largest absolute Gasteiger partial charge is 0.465 e. The van der Waals surface area contributed by atoms with Crippen LogP contribution < -0.4 is 4.90 Å². The Morgan fingerprint density at radius 2 is 1.78 bits per heavy atom. The highest BCUT2D eigenvalue weighted by Crippen LogP contribution is 2.37. The number of carbonyl (C=O) groups excluding carboxylic acids is 2. The second-order valence-corrected chi connectivity index (χ2v) is 8.96. The number of fused-ring (bicyclic) bond motifs is 1. The summed E-state index contributed by atoms with van der Waals surface area (Å²) in [6.07, 6.45) is -5.30. The number of hydrogen-bond donors (Lipinski definition) is 1. The van der Waals surface area contributed by atoms with Crippen LogP contribution in [0.4, 0.5) is 18.9 Å². The third-order valence-electron chi connectivity index (χ3n) is 6.20. The van der Waals surface area contributed by atoms with Crippen molar-refractivity contribution in [3.63, 3.8) is 0 Å². The van der Waals surface area contributed by atoms with Crippen LogP contribution in [-0.2, 0) is 10.9 Å². The van der Waals surface area contributed by atoms with Crippen LogP contribution in [0.2, 0.25) is 5.02 Å². The van der Waals surface area contributed by atoms with E-state index in [0.29, 0.717) is 41.0 Å². The number of aromatic nitrogens is 2. The van der Waals surface area contributed by atoms with Gasteiger partial charge in [0, 0.05) is 29.7 Å². The summed E-state index contributed by atoms with van der Waals surface area (Å²) in [4.78, 5) is 27.3. The number of alkyl halides is 3. The number of esters is 1. The van der Waals surface area contributed by atoms with E-state index in [1.807, 2.05) is 4.90 Å². The monoisotopic (exact) mass is 529 g/mol. The van der Waals surface area contributed by atoms with Crippen LogP contribution in [-0.4, -0.2) is 53.1 Å². The molecule has 0 radical (unpaired) electrons. The number of hydrogen-bond acceptors (Lipinski definition) is 6. The Labute approximate surface area is 213 Å². The van der Waals surface area contributed by atoms with E-state index < -0.39 is 35.3 Å². The van der Waals surface area contributed by atoms with Crippen LogP contribution in [0.15, 0.2) is 60.7 Å². The van der Waals surface area contributed by atoms with Gasteiger partial charge in [-0.1, -0.05) is 29.8 Å². The molecule has 5 rings (SSSR count). The van der Waals surface area contributed by atoms with E-state index in [0.717, 1.165) is 16.8 Å². The second kappa shape index (κ2) is 9.20. The molecule has 0 spiro atoms. The van der Waals surface area contributed by atoms with Gasteiger partial charge < -0.3 is 14.7 Å². The van der Waals surface area contributed by atoms with Gasteiger partial charge in [0.05, 0.1) is 40.4 Å². The predicted molar refractivity (Wildman–Crippen MR) is 131 cm³/mol. The fraction of sp³-hybridized carbons (Fsp3) is 0.192. The molecule has 11 heteroatoms. The van der Waals surface area contributed by atoms with Crippen molar-refractivity contribution in [3.8, 4) is 11.3 Å². The molecule has 1 N–H and O–H groups in total. The molecule has 4 aromatic rings. The maximum absolute atomic E-state index is 13.8. The second-order valence-electron chi connectivity index (χ2n) is 8.55. The van der Waals surface area contributed by atoms with E-state index in [4.69, 9.17) is 16.3 Å². The minimum Gasteiger partial charge on any atom is -0.465 e. The molecular weight excluding hydrogens is 511 g/mol. The first-order valence-corrected chi connectivity index (χ1v) is 11.5. The van der Waals surface area contributed by atoms with E-state index >= 15 is 0 Å². The Bertz CT molecular complexity index is 1530. The molecule has 0 aliphatic carbocycles. The van der Waals surface area contributed by atoms with Crippen molar-refractivity contribution in [3.05, 3.63) is 82.4 Å². The zero-order valence-electron chi connectivity index (χ0n) is 19.3. The molecular formula is C26H19ClF3N3O4. The van der Waals surface area contributed by atoms with Gasteiger partial charge in [0.25, 0.3) is 5.91 Å². The number of anilines is 1. The van der Waals surface area contributed by atoms with Crippen LogP contribution in [0, 0.1) is 0 Å². The molecule has 1 aromatic heterocycles. The molecule has 0 atom stereocenters. The van der Waals surface area contributed by atoms with Gasteiger partial charge in [0.15, 0.2) is 0 Å². The van der Waals surface area contributed by atoms with Crippen molar-refractivity contribution in [2.45, 2.75) is 12.3 Å². The fourth-order valence-electron chi connectivity index (χ4n) is 4.30. The third-order valence-corrected chi connectivity index (χ3v) is 6.51. The van der Waals surface area contributed by atoms with Crippen LogP contribution in [0.5, 0.6) is 0 Å². The first kappa shape index (κ1) is 24.8. The van der Waals surface area contributed by atoms with E-state index in [2.05, 4.69) is 5.10 Å². The molecule has 1 aliphatic rings. The Kier molecular flexibility index (Phi) is 6.17. The maximum Gasteiger partial charge on any atom is 0.417 e. The summed E-state index contributed by atoms with van der Waals surface area (Å²) >= 11 is 6.10. The number of halogens is 4. The fourth-order valence-corrected chi connectivity index (χ4v) is 4.56. The average Bonchev–Trinajstić information content (AvgIpc) is 3.24. The number of benzene rings is 3. The van der Waals surface area contributed by atoms with Crippen molar-refractivity contribution in [1.82, 2.24) is 9.78 Å². The molecule has 1 saturated heterocycles. The molecule has 3 aromatic carbocycles. The number of nitrogens with zero attached hydrogens (tertiary/aromatic N) is 3. The van der Waals surface area contributed by atoms with E-state index in [9.17, 15) is 27.9 Å². The van der Waals surface area contributed by atoms with Gasteiger partial charge in [-0.2, -0.15) is 23.0 Å². The summed E-state index contributed by atoms with van der Waals surface area (Å²) in [5, 5.41) is 14.2. The molecule has 190 valence electrons. The quantitative estimate of drug-likeness (QED) is 0.373. The zero-order chi connectivity index (χ0) is 26.5. The minimum absolute atomic E-state index is 0.268. The van der Waals surface area contributed by atoms with Gasteiger partial charge in [0.2, 0.25) is 0 Å². The zero-order valence-corrected chi connectivity index (χ0v) is 20.0. The van der Waals surface area contributed by atoms with Gasteiger partial charge >= 0.3 is 12.1 Å². The number of ether oxygens (including phenoxy) is 1. The highest BCUT2D eigenvalue weighted by molar-refractivity contribution is 6.34. The lowest BCUT2D eigenvalue weighted by Gasteiger charge is -2.37. The lowest BCUT2D eigenvalue weighted by molar-refractivity contribution is -0.137. The summed E-state index contributed by atoms with van der Waals surface area (Å²) in [5.74, 6) is -1.57. The Morgan fingerprint density at radius 3 is 2.41 bits per heavy atom. The normalized spacial score (nSPS) is 14.1. The molecule has 0 amide bonds. The Balaban J connectivity index is 1.69. The molecule has 1 aliphatic heterocycles. The molecule has 37 heavy (non-hydrogen) atoms.